The molecule has 0 spiro atoms. The van der Waals surface area contributed by atoms with Crippen molar-refractivity contribution in [2.45, 2.75) is 58.8 Å². The number of hydrogen-bond donors (Lipinski definition) is 0. The Morgan fingerprint density at radius 3 is 2.33 bits per heavy atom. The molecule has 5 nitrogen and oxygen atoms in total. The maximum absolute atomic E-state index is 12.5. The second-order valence-corrected chi connectivity index (χ2v) is 8.25. The van der Waals surface area contributed by atoms with Crippen LogP contribution in [-0.2, 0) is 14.4 Å². The lowest BCUT2D eigenvalue weighted by molar-refractivity contribution is -0.141. The number of aryl methyl sites for hydroxylation is 1. The van der Waals surface area contributed by atoms with Crippen LogP contribution in [0.5, 0.6) is 5.75 Å². The number of ether oxygens (including phenoxy) is 1. The van der Waals surface area contributed by atoms with Crippen LogP contribution in [0.2, 0.25) is 5.02 Å². The molecule has 1 aliphatic heterocycles. The Labute approximate surface area is 165 Å². The van der Waals surface area contributed by atoms with Gasteiger partial charge < -0.3 is 4.74 Å². The van der Waals surface area contributed by atoms with Crippen LogP contribution in [-0.4, -0.2) is 29.2 Å². The number of nitrogens with zero attached hydrogens (tertiary/aromatic N) is 1. The molecule has 0 N–H and O–H groups in total. The van der Waals surface area contributed by atoms with Gasteiger partial charge >= 0.3 is 5.97 Å². The third-order valence-electron chi connectivity index (χ3n) is 5.61. The van der Waals surface area contributed by atoms with Crippen molar-refractivity contribution >= 4 is 29.4 Å². The van der Waals surface area contributed by atoms with Crippen molar-refractivity contribution < 1.29 is 19.1 Å². The topological polar surface area (TPSA) is 63.7 Å². The van der Waals surface area contributed by atoms with Gasteiger partial charge in [-0.15, -0.1) is 0 Å². The van der Waals surface area contributed by atoms with Gasteiger partial charge in [-0.25, -0.2) is 0 Å². The van der Waals surface area contributed by atoms with Crippen molar-refractivity contribution in [3.63, 3.8) is 0 Å². The van der Waals surface area contributed by atoms with Gasteiger partial charge in [-0.05, 0) is 48.9 Å². The molecule has 1 saturated heterocycles. The molecule has 2 atom stereocenters. The fraction of sp³-hybridized carbons (Fsp3) is 0.571. The minimum Gasteiger partial charge on any atom is -0.426 e. The number of carbonyl (C=O) groups is 3. The number of benzene rings is 1. The Balaban J connectivity index is 1.64. The molecule has 2 fully saturated rings. The molecule has 2 amide bonds. The molecule has 1 saturated carbocycles. The highest BCUT2D eigenvalue weighted by Gasteiger charge is 2.47. The van der Waals surface area contributed by atoms with Crippen molar-refractivity contribution in [2.75, 3.05) is 6.54 Å². The van der Waals surface area contributed by atoms with Gasteiger partial charge in [-0.3, -0.25) is 19.3 Å². The second kappa shape index (κ2) is 8.01. The molecular formula is C21H26ClNO4. The van der Waals surface area contributed by atoms with E-state index in [-0.39, 0.29) is 42.5 Å². The predicted molar refractivity (Wildman–Crippen MR) is 103 cm³/mol. The van der Waals surface area contributed by atoms with Crippen LogP contribution in [0.1, 0.15) is 63.0 Å². The van der Waals surface area contributed by atoms with Crippen LogP contribution in [0.4, 0.5) is 0 Å². The number of amides is 2. The fourth-order valence-electron chi connectivity index (χ4n) is 4.04. The summed E-state index contributed by atoms with van der Waals surface area (Å²) in [6.45, 7) is 5.95. The van der Waals surface area contributed by atoms with E-state index < -0.39 is 5.97 Å². The molecular weight excluding hydrogens is 366 g/mol. The monoisotopic (exact) mass is 391 g/mol. The van der Waals surface area contributed by atoms with E-state index >= 15 is 0 Å². The summed E-state index contributed by atoms with van der Waals surface area (Å²) in [6, 6.07) is 3.58. The van der Waals surface area contributed by atoms with E-state index in [1.807, 2.05) is 26.8 Å². The average molecular weight is 392 g/mol. The van der Waals surface area contributed by atoms with Gasteiger partial charge in [0, 0.05) is 11.6 Å². The molecule has 146 valence electrons. The molecule has 1 aromatic carbocycles. The van der Waals surface area contributed by atoms with E-state index in [1.54, 1.807) is 6.07 Å². The Kier molecular flexibility index (Phi) is 5.89. The molecule has 2 unspecified atom stereocenters. The molecule has 6 heteroatoms. The van der Waals surface area contributed by atoms with Gasteiger partial charge in [0.1, 0.15) is 5.75 Å². The minimum atomic E-state index is -0.450. The highest BCUT2D eigenvalue weighted by Crippen LogP contribution is 2.38. The van der Waals surface area contributed by atoms with Crippen LogP contribution >= 0.6 is 11.6 Å². The zero-order valence-corrected chi connectivity index (χ0v) is 16.8. The maximum atomic E-state index is 12.5. The van der Waals surface area contributed by atoms with Crippen LogP contribution in [0.25, 0.3) is 0 Å². The molecule has 0 radical (unpaired) electrons. The molecule has 1 aliphatic carbocycles. The zero-order chi connectivity index (χ0) is 19.7. The molecule has 1 heterocycles. The second-order valence-electron chi connectivity index (χ2n) is 7.84. The molecule has 0 aromatic heterocycles. The van der Waals surface area contributed by atoms with Crippen molar-refractivity contribution in [1.82, 2.24) is 4.90 Å². The highest BCUT2D eigenvalue weighted by atomic mass is 35.5. The SMILES string of the molecule is Cc1cc(OC(=O)CCN2C(=O)C3CCCCC3C2=O)c(C(C)C)cc1Cl. The van der Waals surface area contributed by atoms with E-state index in [2.05, 4.69) is 0 Å². The summed E-state index contributed by atoms with van der Waals surface area (Å²) in [7, 11) is 0. The van der Waals surface area contributed by atoms with Gasteiger partial charge in [0.05, 0.1) is 18.3 Å². The van der Waals surface area contributed by atoms with Crippen molar-refractivity contribution in [1.29, 1.82) is 0 Å². The number of rotatable bonds is 5. The molecule has 27 heavy (non-hydrogen) atoms. The number of imide groups is 1. The highest BCUT2D eigenvalue weighted by molar-refractivity contribution is 6.31. The van der Waals surface area contributed by atoms with Gasteiger partial charge in [0.15, 0.2) is 0 Å². The van der Waals surface area contributed by atoms with E-state index in [9.17, 15) is 14.4 Å². The number of fused-ring (bicyclic) bond motifs is 1. The number of carbonyl (C=O) groups excluding carboxylic acids is 3. The van der Waals surface area contributed by atoms with E-state index in [4.69, 9.17) is 16.3 Å². The summed E-state index contributed by atoms with van der Waals surface area (Å²) in [5, 5.41) is 0.634. The summed E-state index contributed by atoms with van der Waals surface area (Å²) in [6.07, 6.45) is 3.53. The summed E-state index contributed by atoms with van der Waals surface area (Å²) < 4.78 is 5.54. The van der Waals surface area contributed by atoms with Crippen molar-refractivity contribution in [2.24, 2.45) is 11.8 Å². The van der Waals surface area contributed by atoms with Crippen molar-refractivity contribution in [3.05, 3.63) is 28.3 Å². The van der Waals surface area contributed by atoms with Gasteiger partial charge in [-0.1, -0.05) is 38.3 Å². The van der Waals surface area contributed by atoms with Crippen LogP contribution < -0.4 is 4.74 Å². The number of halogens is 1. The zero-order valence-electron chi connectivity index (χ0n) is 16.1. The Morgan fingerprint density at radius 2 is 1.78 bits per heavy atom. The third-order valence-corrected chi connectivity index (χ3v) is 6.02. The quantitative estimate of drug-likeness (QED) is 0.427. The average Bonchev–Trinajstić information content (AvgIpc) is 2.87. The number of esters is 1. The molecule has 0 bridgehead atoms. The van der Waals surface area contributed by atoms with Crippen LogP contribution in [0.15, 0.2) is 12.1 Å². The summed E-state index contributed by atoms with van der Waals surface area (Å²) >= 11 is 6.18. The Hall–Kier alpha value is -1.88. The minimum absolute atomic E-state index is 0.00384. The number of hydrogen-bond acceptors (Lipinski definition) is 4. The fourth-order valence-corrected chi connectivity index (χ4v) is 4.21. The van der Waals surface area contributed by atoms with Crippen LogP contribution in [0.3, 0.4) is 0 Å². The van der Waals surface area contributed by atoms with E-state index in [0.717, 1.165) is 36.8 Å². The first-order valence-electron chi connectivity index (χ1n) is 9.65. The lowest BCUT2D eigenvalue weighted by Gasteiger charge is -2.19. The first-order valence-corrected chi connectivity index (χ1v) is 10.0. The largest absolute Gasteiger partial charge is 0.426 e. The smallest absolute Gasteiger partial charge is 0.313 e. The normalized spacial score (nSPS) is 22.3. The van der Waals surface area contributed by atoms with Gasteiger partial charge in [-0.2, -0.15) is 0 Å². The van der Waals surface area contributed by atoms with Crippen molar-refractivity contribution in [3.8, 4) is 5.75 Å². The summed E-state index contributed by atoms with van der Waals surface area (Å²) in [4.78, 5) is 38.6. The maximum Gasteiger partial charge on any atom is 0.313 e. The van der Waals surface area contributed by atoms with Gasteiger partial charge in [0.2, 0.25) is 11.8 Å². The predicted octanol–water partition coefficient (Wildman–Crippen LogP) is 4.24. The van der Waals surface area contributed by atoms with Crippen LogP contribution in [0, 0.1) is 18.8 Å². The lowest BCUT2D eigenvalue weighted by Crippen LogP contribution is -2.33. The lowest BCUT2D eigenvalue weighted by atomic mass is 9.81. The Morgan fingerprint density at radius 1 is 1.19 bits per heavy atom. The molecule has 1 aromatic rings. The third kappa shape index (κ3) is 4.03. The van der Waals surface area contributed by atoms with Gasteiger partial charge in [0.25, 0.3) is 0 Å². The first-order chi connectivity index (χ1) is 12.8. The summed E-state index contributed by atoms with van der Waals surface area (Å²) in [5.74, 6) is -0.428. The molecule has 3 rings (SSSR count). The summed E-state index contributed by atoms with van der Waals surface area (Å²) in [5.41, 5.74) is 1.69. The van der Waals surface area contributed by atoms with E-state index in [1.165, 1.54) is 4.90 Å². The standard InChI is InChI=1S/C21H26ClNO4/c1-12(2)16-11-17(22)13(3)10-18(16)27-19(24)8-9-23-20(25)14-6-4-5-7-15(14)21(23)26/h10-12,14-15H,4-9H2,1-3H3. The molecule has 2 aliphatic rings. The first kappa shape index (κ1) is 19.9. The Bertz CT molecular complexity index is 750. The number of likely N-dealkylation sites (tertiary alicyclic amines) is 1. The van der Waals surface area contributed by atoms with E-state index in [0.29, 0.717) is 10.8 Å².